The van der Waals surface area contributed by atoms with Crippen molar-refractivity contribution in [1.29, 1.82) is 0 Å². The summed E-state index contributed by atoms with van der Waals surface area (Å²) in [6.07, 6.45) is 0.440. The molecule has 1 aliphatic heterocycles. The van der Waals surface area contributed by atoms with Crippen molar-refractivity contribution in [3.8, 4) is 0 Å². The van der Waals surface area contributed by atoms with Crippen LogP contribution < -0.4 is 5.32 Å². The Hall–Kier alpha value is -1.55. The minimum Gasteiger partial charge on any atom is -0.323 e. The summed E-state index contributed by atoms with van der Waals surface area (Å²) in [5.74, 6) is 0.153. The predicted molar refractivity (Wildman–Crippen MR) is 70.8 cm³/mol. The number of nitrogens with one attached hydrogen (secondary N) is 1. The number of carbonyl (C=O) groups excluding carboxylic acids is 2. The molecule has 0 bridgehead atoms. The molecule has 96 valence electrons. The number of ketones is 1. The molecule has 0 spiro atoms. The molecule has 18 heavy (non-hydrogen) atoms. The summed E-state index contributed by atoms with van der Waals surface area (Å²) in [5.41, 5.74) is 0.703. The van der Waals surface area contributed by atoms with Gasteiger partial charge in [0.15, 0.2) is 0 Å². The third kappa shape index (κ3) is 3.01. The van der Waals surface area contributed by atoms with Crippen molar-refractivity contribution in [2.75, 3.05) is 18.4 Å². The molecule has 1 N–H and O–H groups in total. The van der Waals surface area contributed by atoms with Crippen molar-refractivity contribution in [3.63, 3.8) is 0 Å². The molecular weight excluding hydrogens is 252 g/mol. The molecule has 1 unspecified atom stereocenters. The second kappa shape index (κ2) is 5.40. The summed E-state index contributed by atoms with van der Waals surface area (Å²) in [7, 11) is 0. The number of urea groups is 1. The van der Waals surface area contributed by atoms with Gasteiger partial charge in [-0.05, 0) is 24.3 Å². The van der Waals surface area contributed by atoms with Crippen molar-refractivity contribution in [2.24, 2.45) is 5.92 Å². The number of hydrogen-bond acceptors (Lipinski definition) is 2. The maximum Gasteiger partial charge on any atom is 0.321 e. The lowest BCUT2D eigenvalue weighted by atomic mass is 9.99. The average Bonchev–Trinajstić information content (AvgIpc) is 2.35. The first kappa shape index (κ1) is 12.9. The van der Waals surface area contributed by atoms with Gasteiger partial charge in [-0.15, -0.1) is 0 Å². The van der Waals surface area contributed by atoms with Crippen LogP contribution in [0.2, 0.25) is 5.02 Å². The Morgan fingerprint density at radius 1 is 1.39 bits per heavy atom. The fourth-order valence-corrected chi connectivity index (χ4v) is 2.06. The second-order valence-corrected chi connectivity index (χ2v) is 4.94. The summed E-state index contributed by atoms with van der Waals surface area (Å²) in [4.78, 5) is 25.0. The number of benzene rings is 1. The molecule has 0 saturated carbocycles. The van der Waals surface area contributed by atoms with Crippen LogP contribution >= 0.6 is 11.6 Å². The van der Waals surface area contributed by atoms with E-state index in [2.05, 4.69) is 5.32 Å². The molecular formula is C13H15ClN2O2. The molecule has 1 aliphatic rings. The summed E-state index contributed by atoms with van der Waals surface area (Å²) in [6, 6.07) is 6.77. The molecule has 4 nitrogen and oxygen atoms in total. The van der Waals surface area contributed by atoms with E-state index >= 15 is 0 Å². The van der Waals surface area contributed by atoms with Crippen molar-refractivity contribution < 1.29 is 9.59 Å². The van der Waals surface area contributed by atoms with Crippen LogP contribution in [-0.2, 0) is 4.79 Å². The summed E-state index contributed by atoms with van der Waals surface area (Å²) >= 11 is 5.77. The SMILES string of the molecule is CC1CN(C(=O)Nc2ccc(Cl)cc2)CCC1=O. The lowest BCUT2D eigenvalue weighted by molar-refractivity contribution is -0.124. The maximum absolute atomic E-state index is 12.0. The first-order chi connectivity index (χ1) is 8.56. The topological polar surface area (TPSA) is 49.4 Å². The van der Waals surface area contributed by atoms with Gasteiger partial charge in [-0.3, -0.25) is 4.79 Å². The molecule has 2 amide bonds. The highest BCUT2D eigenvalue weighted by molar-refractivity contribution is 6.30. The van der Waals surface area contributed by atoms with Crippen LogP contribution in [0.15, 0.2) is 24.3 Å². The fourth-order valence-electron chi connectivity index (χ4n) is 1.94. The van der Waals surface area contributed by atoms with Gasteiger partial charge in [0, 0.05) is 36.1 Å². The normalized spacial score (nSPS) is 19.8. The van der Waals surface area contributed by atoms with Crippen molar-refractivity contribution >= 4 is 29.1 Å². The number of piperidine rings is 1. The van der Waals surface area contributed by atoms with E-state index < -0.39 is 0 Å². The molecule has 1 aromatic carbocycles. The minimum atomic E-state index is -0.170. The van der Waals surface area contributed by atoms with Crippen LogP contribution in [0.5, 0.6) is 0 Å². The van der Waals surface area contributed by atoms with Crippen molar-refractivity contribution in [3.05, 3.63) is 29.3 Å². The highest BCUT2D eigenvalue weighted by Gasteiger charge is 2.26. The van der Waals surface area contributed by atoms with Crippen LogP contribution in [0.3, 0.4) is 0 Å². The summed E-state index contributed by atoms with van der Waals surface area (Å²) < 4.78 is 0. The Labute approximate surface area is 111 Å². The van der Waals surface area contributed by atoms with E-state index in [-0.39, 0.29) is 17.7 Å². The molecule has 0 aliphatic carbocycles. The maximum atomic E-state index is 12.0. The number of anilines is 1. The van der Waals surface area contributed by atoms with Crippen LogP contribution in [0, 0.1) is 5.92 Å². The van der Waals surface area contributed by atoms with E-state index in [1.165, 1.54) is 0 Å². The summed E-state index contributed by atoms with van der Waals surface area (Å²) in [6.45, 7) is 2.82. The van der Waals surface area contributed by atoms with E-state index in [1.807, 2.05) is 6.92 Å². The Morgan fingerprint density at radius 3 is 2.67 bits per heavy atom. The second-order valence-electron chi connectivity index (χ2n) is 4.50. The monoisotopic (exact) mass is 266 g/mol. The molecule has 1 aromatic rings. The number of hydrogen-bond donors (Lipinski definition) is 1. The van der Waals surface area contributed by atoms with Gasteiger partial charge in [-0.25, -0.2) is 4.79 Å². The molecule has 1 atom stereocenters. The third-order valence-corrected chi connectivity index (χ3v) is 3.31. The van der Waals surface area contributed by atoms with Gasteiger partial charge in [-0.2, -0.15) is 0 Å². The third-order valence-electron chi connectivity index (χ3n) is 3.05. The van der Waals surface area contributed by atoms with Crippen LogP contribution in [-0.4, -0.2) is 29.8 Å². The lowest BCUT2D eigenvalue weighted by Crippen LogP contribution is -2.45. The lowest BCUT2D eigenvalue weighted by Gasteiger charge is -2.30. The van der Waals surface area contributed by atoms with Crippen LogP contribution in [0.1, 0.15) is 13.3 Å². The highest BCUT2D eigenvalue weighted by Crippen LogP contribution is 2.16. The quantitative estimate of drug-likeness (QED) is 0.850. The van der Waals surface area contributed by atoms with Gasteiger partial charge in [0.2, 0.25) is 0 Å². The standard InChI is InChI=1S/C13H15ClN2O2/c1-9-8-16(7-6-12(9)17)13(18)15-11-4-2-10(14)3-5-11/h2-5,9H,6-8H2,1H3,(H,15,18). The van der Waals surface area contributed by atoms with Gasteiger partial charge in [-0.1, -0.05) is 18.5 Å². The molecule has 1 saturated heterocycles. The van der Waals surface area contributed by atoms with Gasteiger partial charge in [0.05, 0.1) is 0 Å². The first-order valence-electron chi connectivity index (χ1n) is 5.90. The fraction of sp³-hybridized carbons (Fsp3) is 0.385. The molecule has 5 heteroatoms. The van der Waals surface area contributed by atoms with Gasteiger partial charge < -0.3 is 10.2 Å². The molecule has 0 radical (unpaired) electrons. The number of rotatable bonds is 1. The van der Waals surface area contributed by atoms with Crippen molar-refractivity contribution in [1.82, 2.24) is 4.90 Å². The largest absolute Gasteiger partial charge is 0.323 e. The first-order valence-corrected chi connectivity index (χ1v) is 6.28. The van der Waals surface area contributed by atoms with Gasteiger partial charge in [0.1, 0.15) is 5.78 Å². The Kier molecular flexibility index (Phi) is 3.87. The van der Waals surface area contributed by atoms with E-state index in [9.17, 15) is 9.59 Å². The molecule has 0 aromatic heterocycles. The van der Waals surface area contributed by atoms with Crippen LogP contribution in [0.4, 0.5) is 10.5 Å². The number of Topliss-reactive ketones (excluding diaryl/α,β-unsaturated/α-hetero) is 1. The zero-order chi connectivity index (χ0) is 13.1. The average molecular weight is 267 g/mol. The van der Waals surface area contributed by atoms with Gasteiger partial charge >= 0.3 is 6.03 Å². The number of likely N-dealkylation sites (tertiary alicyclic amines) is 1. The van der Waals surface area contributed by atoms with Crippen LogP contribution in [0.25, 0.3) is 0 Å². The minimum absolute atomic E-state index is 0.0743. The molecule has 2 rings (SSSR count). The molecule has 1 fully saturated rings. The Morgan fingerprint density at radius 2 is 2.06 bits per heavy atom. The highest BCUT2D eigenvalue weighted by atomic mass is 35.5. The number of halogens is 1. The van der Waals surface area contributed by atoms with E-state index in [1.54, 1.807) is 29.2 Å². The van der Waals surface area contributed by atoms with Gasteiger partial charge in [0.25, 0.3) is 0 Å². The molecule has 1 heterocycles. The predicted octanol–water partition coefficient (Wildman–Crippen LogP) is 2.78. The Balaban J connectivity index is 1.96. The number of carbonyl (C=O) groups is 2. The smallest absolute Gasteiger partial charge is 0.321 e. The number of nitrogens with zero attached hydrogens (tertiary/aromatic N) is 1. The summed E-state index contributed by atoms with van der Waals surface area (Å²) in [5, 5.41) is 3.42. The van der Waals surface area contributed by atoms with E-state index in [0.717, 1.165) is 0 Å². The zero-order valence-corrected chi connectivity index (χ0v) is 10.9. The van der Waals surface area contributed by atoms with E-state index in [0.29, 0.717) is 30.2 Å². The number of amides is 2. The Bertz CT molecular complexity index is 459. The zero-order valence-electron chi connectivity index (χ0n) is 10.1. The van der Waals surface area contributed by atoms with Crippen molar-refractivity contribution in [2.45, 2.75) is 13.3 Å². The van der Waals surface area contributed by atoms with E-state index in [4.69, 9.17) is 11.6 Å².